The van der Waals surface area contributed by atoms with E-state index in [1.165, 1.54) is 12.1 Å². The Kier molecular flexibility index (Phi) is 3.28. The highest BCUT2D eigenvalue weighted by atomic mass is 19.3. The smallest absolute Gasteiger partial charge is 0.395 e. The van der Waals surface area contributed by atoms with E-state index in [4.69, 9.17) is 0 Å². The van der Waals surface area contributed by atoms with Crippen LogP contribution in [0.3, 0.4) is 0 Å². The Morgan fingerprint density at radius 3 is 2.76 bits per heavy atom. The van der Waals surface area contributed by atoms with Gasteiger partial charge < -0.3 is 14.8 Å². The molecule has 132 valence electrons. The maximum Gasteiger partial charge on any atom is 0.586 e. The van der Waals surface area contributed by atoms with Crippen LogP contribution in [0.2, 0.25) is 0 Å². The normalized spacial score (nSPS) is 20.6. The molecule has 2 aliphatic heterocycles. The highest BCUT2D eigenvalue weighted by Gasteiger charge is 2.44. The first-order valence-corrected chi connectivity index (χ1v) is 8.01. The van der Waals surface area contributed by atoms with E-state index in [2.05, 4.69) is 19.9 Å². The summed E-state index contributed by atoms with van der Waals surface area (Å²) < 4.78 is 37.2. The molecule has 1 amide bonds. The minimum Gasteiger partial charge on any atom is -0.395 e. The Morgan fingerprint density at radius 1 is 1.32 bits per heavy atom. The molecule has 3 heterocycles. The van der Waals surface area contributed by atoms with E-state index in [9.17, 15) is 13.6 Å². The van der Waals surface area contributed by atoms with Crippen molar-refractivity contribution in [3.8, 4) is 11.5 Å². The molecule has 8 heteroatoms. The number of aromatic nitrogens is 2. The second-order valence-corrected chi connectivity index (χ2v) is 6.60. The predicted molar refractivity (Wildman–Crippen MR) is 85.0 cm³/mol. The van der Waals surface area contributed by atoms with Gasteiger partial charge in [0.05, 0.1) is 5.69 Å². The van der Waals surface area contributed by atoms with Crippen molar-refractivity contribution in [2.24, 2.45) is 7.05 Å². The van der Waals surface area contributed by atoms with Crippen molar-refractivity contribution < 1.29 is 23.0 Å². The van der Waals surface area contributed by atoms with Gasteiger partial charge in [-0.2, -0.15) is 5.10 Å². The van der Waals surface area contributed by atoms with Gasteiger partial charge in [-0.25, -0.2) is 0 Å². The van der Waals surface area contributed by atoms with E-state index in [1.54, 1.807) is 17.8 Å². The molecule has 1 N–H and O–H groups in total. The highest BCUT2D eigenvalue weighted by molar-refractivity contribution is 5.94. The Bertz CT molecular complexity index is 876. The molecule has 1 aromatic carbocycles. The second-order valence-electron chi connectivity index (χ2n) is 6.60. The number of hydrogen-bond acceptors (Lipinski definition) is 4. The minimum absolute atomic E-state index is 0.00972. The van der Waals surface area contributed by atoms with Crippen molar-refractivity contribution >= 4 is 11.7 Å². The number of carbonyl (C=O) groups is 1. The van der Waals surface area contributed by atoms with Crippen LogP contribution in [0.4, 0.5) is 14.6 Å². The lowest BCUT2D eigenvalue weighted by Gasteiger charge is -2.25. The van der Waals surface area contributed by atoms with Crippen LogP contribution < -0.4 is 14.8 Å². The van der Waals surface area contributed by atoms with Gasteiger partial charge in [-0.05, 0) is 23.6 Å². The third-order valence-electron chi connectivity index (χ3n) is 4.48. The van der Waals surface area contributed by atoms with Crippen LogP contribution in [0, 0.1) is 0 Å². The van der Waals surface area contributed by atoms with Crippen molar-refractivity contribution in [2.75, 3.05) is 5.32 Å². The number of hydrogen-bond donors (Lipinski definition) is 1. The molecule has 1 atom stereocenters. The Balaban J connectivity index is 1.82. The molecule has 1 unspecified atom stereocenters. The molecule has 1 aromatic heterocycles. The molecule has 25 heavy (non-hydrogen) atoms. The molecule has 0 spiro atoms. The molecule has 0 bridgehead atoms. The number of aryl methyl sites for hydroxylation is 1. The molecule has 0 radical (unpaired) electrons. The van der Waals surface area contributed by atoms with E-state index >= 15 is 0 Å². The number of fused-ring (bicyclic) bond motifs is 2. The number of nitrogens with zero attached hydrogens (tertiary/aromatic N) is 2. The number of ether oxygens (including phenoxy) is 2. The van der Waals surface area contributed by atoms with Crippen LogP contribution in [-0.4, -0.2) is 22.0 Å². The van der Waals surface area contributed by atoms with Crippen LogP contribution in [0.25, 0.3) is 0 Å². The van der Waals surface area contributed by atoms with Crippen LogP contribution in [0.5, 0.6) is 11.5 Å². The number of carbonyl (C=O) groups excluding carboxylic acids is 1. The van der Waals surface area contributed by atoms with E-state index < -0.39 is 6.29 Å². The zero-order valence-corrected chi connectivity index (χ0v) is 14.0. The fourth-order valence-electron chi connectivity index (χ4n) is 3.42. The Labute approximate surface area is 142 Å². The summed E-state index contributed by atoms with van der Waals surface area (Å²) in [7, 11) is 1.77. The quantitative estimate of drug-likeness (QED) is 0.903. The van der Waals surface area contributed by atoms with Crippen molar-refractivity contribution in [3.63, 3.8) is 0 Å². The van der Waals surface area contributed by atoms with Crippen LogP contribution >= 0.6 is 0 Å². The van der Waals surface area contributed by atoms with Gasteiger partial charge >= 0.3 is 6.29 Å². The molecule has 0 saturated heterocycles. The van der Waals surface area contributed by atoms with Crippen LogP contribution in [0.15, 0.2) is 18.2 Å². The molecule has 6 nitrogen and oxygen atoms in total. The Morgan fingerprint density at radius 2 is 2.04 bits per heavy atom. The first-order valence-electron chi connectivity index (χ1n) is 8.01. The standard InChI is InChI=1S/C17H17F2N3O3/c1-8(2)15-14-10(7-13(23)20-16(14)22(3)21-15)9-4-5-11-12(6-9)25-17(18,19)24-11/h4-6,8,10H,7H2,1-3H3,(H,20,23). The predicted octanol–water partition coefficient (Wildman–Crippen LogP) is 3.34. The average molecular weight is 349 g/mol. The van der Waals surface area contributed by atoms with E-state index in [0.29, 0.717) is 11.4 Å². The number of amides is 1. The van der Waals surface area contributed by atoms with Crippen molar-refractivity contribution in [1.82, 2.24) is 9.78 Å². The van der Waals surface area contributed by atoms with Crippen molar-refractivity contribution in [1.29, 1.82) is 0 Å². The summed E-state index contributed by atoms with van der Waals surface area (Å²) in [4.78, 5) is 12.1. The molecular weight excluding hydrogens is 332 g/mol. The van der Waals surface area contributed by atoms with Gasteiger partial charge in [-0.15, -0.1) is 8.78 Å². The van der Waals surface area contributed by atoms with Gasteiger partial charge in [0.25, 0.3) is 0 Å². The summed E-state index contributed by atoms with van der Waals surface area (Å²) in [5, 5.41) is 7.38. The van der Waals surface area contributed by atoms with Gasteiger partial charge in [0, 0.05) is 24.9 Å². The van der Waals surface area contributed by atoms with Crippen molar-refractivity contribution in [2.45, 2.75) is 38.4 Å². The molecule has 2 aliphatic rings. The van der Waals surface area contributed by atoms with E-state index in [1.807, 2.05) is 13.8 Å². The van der Waals surface area contributed by atoms with Crippen molar-refractivity contribution in [3.05, 3.63) is 35.0 Å². The monoisotopic (exact) mass is 349 g/mol. The highest BCUT2D eigenvalue weighted by Crippen LogP contribution is 2.46. The summed E-state index contributed by atoms with van der Waals surface area (Å²) >= 11 is 0. The van der Waals surface area contributed by atoms with Gasteiger partial charge in [-0.3, -0.25) is 9.48 Å². The lowest BCUT2D eigenvalue weighted by atomic mass is 9.83. The number of alkyl halides is 2. The summed E-state index contributed by atoms with van der Waals surface area (Å²) in [6, 6.07) is 4.65. The topological polar surface area (TPSA) is 65.4 Å². The minimum atomic E-state index is -3.66. The first-order chi connectivity index (χ1) is 11.7. The SMILES string of the molecule is CC(C)c1nn(C)c2c1C(c1ccc3c(c1)OC(F)(F)O3)CC(=O)N2. The number of halogens is 2. The lowest BCUT2D eigenvalue weighted by Crippen LogP contribution is -2.26. The number of anilines is 1. The van der Waals surface area contributed by atoms with Crippen LogP contribution in [0.1, 0.15) is 48.9 Å². The molecule has 0 aliphatic carbocycles. The zero-order chi connectivity index (χ0) is 17.9. The fourth-order valence-corrected chi connectivity index (χ4v) is 3.42. The summed E-state index contributed by atoms with van der Waals surface area (Å²) in [6.45, 7) is 4.05. The molecule has 2 aromatic rings. The maximum absolute atomic E-state index is 13.3. The average Bonchev–Trinajstić information content (AvgIpc) is 3.01. The second kappa shape index (κ2) is 5.18. The summed E-state index contributed by atoms with van der Waals surface area (Å²) in [5.41, 5.74) is 2.51. The summed E-state index contributed by atoms with van der Waals surface area (Å²) in [6.07, 6.45) is -3.44. The van der Waals surface area contributed by atoms with E-state index in [0.717, 1.165) is 11.3 Å². The number of rotatable bonds is 2. The van der Waals surface area contributed by atoms with E-state index in [-0.39, 0.29) is 35.7 Å². The van der Waals surface area contributed by atoms with Gasteiger partial charge in [0.1, 0.15) is 5.82 Å². The Hall–Kier alpha value is -2.64. The zero-order valence-electron chi connectivity index (χ0n) is 14.0. The number of benzene rings is 1. The maximum atomic E-state index is 13.3. The van der Waals surface area contributed by atoms with Gasteiger partial charge in [0.15, 0.2) is 11.5 Å². The first kappa shape index (κ1) is 15.9. The fraction of sp³-hybridized carbons (Fsp3) is 0.412. The van der Waals surface area contributed by atoms with Gasteiger partial charge in [-0.1, -0.05) is 19.9 Å². The van der Waals surface area contributed by atoms with Crippen LogP contribution in [-0.2, 0) is 11.8 Å². The third-order valence-corrected chi connectivity index (χ3v) is 4.48. The molecule has 4 rings (SSSR count). The largest absolute Gasteiger partial charge is 0.586 e. The number of nitrogens with one attached hydrogen (secondary N) is 1. The third kappa shape index (κ3) is 2.52. The summed E-state index contributed by atoms with van der Waals surface area (Å²) in [5.74, 6) is 0.352. The lowest BCUT2D eigenvalue weighted by molar-refractivity contribution is -0.286. The van der Waals surface area contributed by atoms with Gasteiger partial charge in [0.2, 0.25) is 5.91 Å². The molecule has 0 saturated carbocycles. The molecule has 0 fully saturated rings. The molecular formula is C17H17F2N3O3.